The van der Waals surface area contributed by atoms with E-state index in [0.29, 0.717) is 12.6 Å². The number of benzene rings is 2. The average molecular weight is 407 g/mol. The van der Waals surface area contributed by atoms with Crippen LogP contribution in [0.4, 0.5) is 0 Å². The summed E-state index contributed by atoms with van der Waals surface area (Å²) in [5.41, 5.74) is 2.46. The average Bonchev–Trinajstić information content (AvgIpc) is 3.16. The van der Waals surface area contributed by atoms with Crippen LogP contribution in [0.3, 0.4) is 0 Å². The molecule has 2 aromatic carbocycles. The second-order valence-electron chi connectivity index (χ2n) is 8.47. The molecular formula is C25H30N2O3. The van der Waals surface area contributed by atoms with Crippen LogP contribution in [0.25, 0.3) is 0 Å². The van der Waals surface area contributed by atoms with Crippen molar-refractivity contribution >= 4 is 12.3 Å². The molecule has 5 nitrogen and oxygen atoms in total. The van der Waals surface area contributed by atoms with Gasteiger partial charge in [0.2, 0.25) is 0 Å². The lowest BCUT2D eigenvalue weighted by molar-refractivity contribution is -0.124. The number of hydrogen-bond acceptors (Lipinski definition) is 4. The maximum atomic E-state index is 12.1. The van der Waals surface area contributed by atoms with E-state index in [0.717, 1.165) is 37.8 Å². The van der Waals surface area contributed by atoms with E-state index in [1.165, 1.54) is 11.1 Å². The third-order valence-corrected chi connectivity index (χ3v) is 6.75. The molecule has 2 heterocycles. The zero-order valence-corrected chi connectivity index (χ0v) is 18.0. The molecule has 0 radical (unpaired) electrons. The SMILES string of the molecule is CN=C(OC(C)(C=O)C(C)c1ccccc1)N1CCC2(CC1)OCc1ccccc12. The van der Waals surface area contributed by atoms with Gasteiger partial charge in [-0.05, 0) is 36.5 Å². The lowest BCUT2D eigenvalue weighted by Crippen LogP contribution is -2.49. The number of aldehydes is 1. The molecule has 2 aliphatic rings. The maximum Gasteiger partial charge on any atom is 0.288 e. The monoisotopic (exact) mass is 406 g/mol. The van der Waals surface area contributed by atoms with E-state index in [1.807, 2.05) is 44.2 Å². The van der Waals surface area contributed by atoms with E-state index >= 15 is 0 Å². The maximum absolute atomic E-state index is 12.1. The van der Waals surface area contributed by atoms with Crippen molar-refractivity contribution < 1.29 is 14.3 Å². The van der Waals surface area contributed by atoms with Gasteiger partial charge in [-0.2, -0.15) is 0 Å². The largest absolute Gasteiger partial charge is 0.450 e. The van der Waals surface area contributed by atoms with E-state index in [1.54, 1.807) is 7.05 Å². The highest BCUT2D eigenvalue weighted by atomic mass is 16.5. The Bertz CT molecular complexity index is 919. The van der Waals surface area contributed by atoms with Gasteiger partial charge < -0.3 is 14.4 Å². The predicted molar refractivity (Wildman–Crippen MR) is 117 cm³/mol. The summed E-state index contributed by atoms with van der Waals surface area (Å²) in [6.07, 6.45) is 2.65. The molecule has 4 rings (SSSR count). The molecule has 5 heteroatoms. The van der Waals surface area contributed by atoms with Crippen molar-refractivity contribution in [2.24, 2.45) is 4.99 Å². The normalized spacial score (nSPS) is 21.0. The summed E-state index contributed by atoms with van der Waals surface area (Å²) < 4.78 is 12.5. The van der Waals surface area contributed by atoms with E-state index in [4.69, 9.17) is 9.47 Å². The van der Waals surface area contributed by atoms with Gasteiger partial charge in [-0.25, -0.2) is 4.99 Å². The van der Waals surface area contributed by atoms with E-state index in [2.05, 4.69) is 34.2 Å². The van der Waals surface area contributed by atoms with Crippen LogP contribution >= 0.6 is 0 Å². The third-order valence-electron chi connectivity index (χ3n) is 6.75. The molecule has 0 N–H and O–H groups in total. The van der Waals surface area contributed by atoms with E-state index in [-0.39, 0.29) is 11.5 Å². The van der Waals surface area contributed by atoms with Gasteiger partial charge in [0.05, 0.1) is 12.2 Å². The summed E-state index contributed by atoms with van der Waals surface area (Å²) in [6, 6.07) is 19.0. The van der Waals surface area contributed by atoms with Crippen LogP contribution in [0.15, 0.2) is 59.6 Å². The minimum atomic E-state index is -0.998. The van der Waals surface area contributed by atoms with Crippen LogP contribution in [-0.2, 0) is 26.5 Å². The Morgan fingerprint density at radius 2 is 1.83 bits per heavy atom. The Morgan fingerprint density at radius 3 is 2.50 bits per heavy atom. The molecule has 0 saturated carbocycles. The standard InChI is InChI=1S/C25H30N2O3/c1-19(20-9-5-4-6-10-20)24(2,18-28)30-23(26-3)27-15-13-25(14-16-27)22-12-8-7-11-21(22)17-29-25/h4-12,18-19H,13-17H2,1-3H3. The molecule has 1 spiro atoms. The molecule has 2 unspecified atom stereocenters. The smallest absolute Gasteiger partial charge is 0.288 e. The minimum absolute atomic E-state index is 0.103. The van der Waals surface area contributed by atoms with E-state index < -0.39 is 5.60 Å². The summed E-state index contributed by atoms with van der Waals surface area (Å²) in [4.78, 5) is 18.6. The number of carbonyl (C=O) groups excluding carboxylic acids is 1. The van der Waals surface area contributed by atoms with Crippen LogP contribution in [0.2, 0.25) is 0 Å². The van der Waals surface area contributed by atoms with Crippen molar-refractivity contribution in [3.05, 3.63) is 71.3 Å². The molecule has 0 bridgehead atoms. The number of aliphatic imine (C=N–C) groups is 1. The molecule has 1 saturated heterocycles. The van der Waals surface area contributed by atoms with Gasteiger partial charge in [0.15, 0.2) is 11.9 Å². The van der Waals surface area contributed by atoms with Gasteiger partial charge in [0.1, 0.15) is 0 Å². The number of likely N-dealkylation sites (tertiary alicyclic amines) is 1. The molecule has 2 atom stereocenters. The molecule has 158 valence electrons. The molecule has 1 fully saturated rings. The van der Waals surface area contributed by atoms with Gasteiger partial charge in [-0.1, -0.05) is 61.5 Å². The van der Waals surface area contributed by atoms with Crippen molar-refractivity contribution in [3.8, 4) is 0 Å². The molecular weight excluding hydrogens is 376 g/mol. The Morgan fingerprint density at radius 1 is 1.17 bits per heavy atom. The Balaban J connectivity index is 1.47. The van der Waals surface area contributed by atoms with Gasteiger partial charge in [-0.15, -0.1) is 0 Å². The van der Waals surface area contributed by atoms with Gasteiger partial charge in [0.25, 0.3) is 6.02 Å². The van der Waals surface area contributed by atoms with Crippen molar-refractivity contribution in [3.63, 3.8) is 0 Å². The highest BCUT2D eigenvalue weighted by molar-refractivity contribution is 5.78. The molecule has 2 aliphatic heterocycles. The number of fused-ring (bicyclic) bond motifs is 2. The number of carbonyl (C=O) groups is 1. The topological polar surface area (TPSA) is 51.1 Å². The van der Waals surface area contributed by atoms with E-state index in [9.17, 15) is 4.79 Å². The zero-order valence-electron chi connectivity index (χ0n) is 18.0. The number of hydrogen-bond donors (Lipinski definition) is 0. The first-order chi connectivity index (χ1) is 14.5. The van der Waals surface area contributed by atoms with Gasteiger partial charge in [-0.3, -0.25) is 4.79 Å². The quantitative estimate of drug-likeness (QED) is 0.432. The molecule has 0 aliphatic carbocycles. The van der Waals surface area contributed by atoms with Crippen LogP contribution in [-0.4, -0.2) is 42.9 Å². The fourth-order valence-electron chi connectivity index (χ4n) is 4.59. The second-order valence-corrected chi connectivity index (χ2v) is 8.47. The van der Waals surface area contributed by atoms with Crippen LogP contribution in [0, 0.1) is 0 Å². The fraction of sp³-hybridized carbons (Fsp3) is 0.440. The second kappa shape index (κ2) is 8.23. The molecule has 0 aromatic heterocycles. The summed E-state index contributed by atoms with van der Waals surface area (Å²) in [5, 5.41) is 0. The van der Waals surface area contributed by atoms with Crippen LogP contribution in [0.1, 0.15) is 49.3 Å². The highest BCUT2D eigenvalue weighted by Gasteiger charge is 2.44. The van der Waals surface area contributed by atoms with Gasteiger partial charge in [0, 0.05) is 26.1 Å². The lowest BCUT2D eigenvalue weighted by atomic mass is 9.84. The Kier molecular flexibility index (Phi) is 5.65. The number of nitrogens with zero attached hydrogens (tertiary/aromatic N) is 2. The number of piperidine rings is 1. The lowest BCUT2D eigenvalue weighted by Gasteiger charge is -2.42. The van der Waals surface area contributed by atoms with Crippen LogP contribution < -0.4 is 0 Å². The summed E-state index contributed by atoms with van der Waals surface area (Å²) in [6.45, 7) is 6.08. The number of amidine groups is 1. The fourth-order valence-corrected chi connectivity index (χ4v) is 4.59. The predicted octanol–water partition coefficient (Wildman–Crippen LogP) is 4.27. The first kappa shape index (κ1) is 20.6. The third kappa shape index (κ3) is 3.63. The zero-order chi connectivity index (χ0) is 21.2. The molecule has 0 amide bonds. The van der Waals surface area contributed by atoms with Crippen molar-refractivity contribution in [2.45, 2.75) is 50.4 Å². The number of rotatable bonds is 4. The first-order valence-electron chi connectivity index (χ1n) is 10.7. The minimum Gasteiger partial charge on any atom is -0.450 e. The van der Waals surface area contributed by atoms with Crippen molar-refractivity contribution in [1.29, 1.82) is 0 Å². The summed E-state index contributed by atoms with van der Waals surface area (Å²) in [7, 11) is 1.72. The van der Waals surface area contributed by atoms with Crippen LogP contribution in [0.5, 0.6) is 0 Å². The van der Waals surface area contributed by atoms with Crippen molar-refractivity contribution in [2.75, 3.05) is 20.1 Å². The summed E-state index contributed by atoms with van der Waals surface area (Å²) in [5.74, 6) is -0.103. The Labute approximate surface area is 178 Å². The first-order valence-corrected chi connectivity index (χ1v) is 10.7. The molecule has 30 heavy (non-hydrogen) atoms. The van der Waals surface area contributed by atoms with Crippen molar-refractivity contribution in [1.82, 2.24) is 4.90 Å². The van der Waals surface area contributed by atoms with Gasteiger partial charge >= 0.3 is 0 Å². The summed E-state index contributed by atoms with van der Waals surface area (Å²) >= 11 is 0. The highest BCUT2D eigenvalue weighted by Crippen LogP contribution is 2.44. The molecule has 2 aromatic rings. The Hall–Kier alpha value is -2.66. The number of ether oxygens (including phenoxy) is 2.